The maximum Gasteiger partial charge on any atom is 0.277 e. The highest BCUT2D eigenvalue weighted by Gasteiger charge is 2.28. The van der Waals surface area contributed by atoms with E-state index in [4.69, 9.17) is 4.42 Å². The molecule has 0 saturated carbocycles. The van der Waals surface area contributed by atoms with Crippen molar-refractivity contribution in [1.29, 1.82) is 0 Å². The van der Waals surface area contributed by atoms with Crippen LogP contribution in [-0.2, 0) is 11.2 Å². The molecule has 0 saturated heterocycles. The molecule has 0 aliphatic carbocycles. The third-order valence-corrected chi connectivity index (χ3v) is 4.42. The number of aromatic nitrogens is 2. The Labute approximate surface area is 127 Å². The first-order valence-corrected chi connectivity index (χ1v) is 7.96. The zero-order valence-corrected chi connectivity index (χ0v) is 12.9. The number of anilines is 1. The minimum Gasteiger partial charge on any atom is -0.416 e. The molecule has 0 radical (unpaired) electrons. The lowest BCUT2D eigenvalue weighted by Crippen LogP contribution is -2.43. The Bertz CT molecular complexity index is 656. The molecule has 5 nitrogen and oxygen atoms in total. The topological polar surface area (TPSA) is 59.2 Å². The van der Waals surface area contributed by atoms with Gasteiger partial charge in [0.15, 0.2) is 0 Å². The summed E-state index contributed by atoms with van der Waals surface area (Å²) in [5.41, 5.74) is 2.27. The summed E-state index contributed by atoms with van der Waals surface area (Å²) < 4.78 is 5.29. The molecule has 3 rings (SSSR count). The van der Waals surface area contributed by atoms with Gasteiger partial charge in [0.1, 0.15) is 0 Å². The van der Waals surface area contributed by atoms with Crippen molar-refractivity contribution in [3.05, 3.63) is 35.7 Å². The van der Waals surface area contributed by atoms with Crippen LogP contribution in [0.1, 0.15) is 24.8 Å². The molecule has 2 aromatic rings. The Morgan fingerprint density at radius 3 is 3.00 bits per heavy atom. The van der Waals surface area contributed by atoms with Gasteiger partial charge in [-0.15, -0.1) is 10.2 Å². The monoisotopic (exact) mass is 303 g/mol. The first kappa shape index (κ1) is 14.1. The van der Waals surface area contributed by atoms with Crippen molar-refractivity contribution >= 4 is 23.4 Å². The van der Waals surface area contributed by atoms with Crippen LogP contribution in [0.3, 0.4) is 0 Å². The molecule has 1 atom stereocenters. The van der Waals surface area contributed by atoms with Gasteiger partial charge in [-0.25, -0.2) is 0 Å². The summed E-state index contributed by atoms with van der Waals surface area (Å²) >= 11 is 1.29. The number of thioether (sulfide) groups is 1. The predicted octanol–water partition coefficient (Wildman–Crippen LogP) is 2.84. The summed E-state index contributed by atoms with van der Waals surface area (Å²) in [7, 11) is 0. The summed E-state index contributed by atoms with van der Waals surface area (Å²) in [5, 5.41) is 8.11. The minimum atomic E-state index is 0.0792. The van der Waals surface area contributed by atoms with Crippen molar-refractivity contribution in [1.82, 2.24) is 10.2 Å². The Morgan fingerprint density at radius 1 is 1.43 bits per heavy atom. The van der Waals surface area contributed by atoms with Crippen LogP contribution in [0.5, 0.6) is 0 Å². The average Bonchev–Trinajstić information content (AvgIpc) is 2.90. The van der Waals surface area contributed by atoms with Crippen LogP contribution in [-0.4, -0.2) is 27.9 Å². The number of hydrogen-bond acceptors (Lipinski definition) is 5. The highest BCUT2D eigenvalue weighted by molar-refractivity contribution is 7.99. The second-order valence-corrected chi connectivity index (χ2v) is 6.08. The molecule has 21 heavy (non-hydrogen) atoms. The van der Waals surface area contributed by atoms with Gasteiger partial charge < -0.3 is 9.32 Å². The molecular formula is C15H17N3O2S. The third-order valence-electron chi connectivity index (χ3n) is 3.62. The number of hydrogen-bond donors (Lipinski definition) is 0. The van der Waals surface area contributed by atoms with Crippen LogP contribution in [0.15, 0.2) is 33.9 Å². The summed E-state index contributed by atoms with van der Waals surface area (Å²) in [4.78, 5) is 14.5. The van der Waals surface area contributed by atoms with Gasteiger partial charge in [-0.1, -0.05) is 30.0 Å². The van der Waals surface area contributed by atoms with Crippen LogP contribution < -0.4 is 4.90 Å². The number of benzene rings is 1. The molecule has 6 heteroatoms. The van der Waals surface area contributed by atoms with E-state index in [2.05, 4.69) is 23.2 Å². The lowest BCUT2D eigenvalue weighted by Gasteiger charge is -2.35. The fraction of sp³-hybridized carbons (Fsp3) is 0.400. The SMILES string of the molecule is Cc1nnc(SCC(=O)N2c3ccccc3CCC2C)o1. The second kappa shape index (κ2) is 5.89. The van der Waals surface area contributed by atoms with Gasteiger partial charge in [0.25, 0.3) is 5.22 Å². The molecule has 0 fully saturated rings. The van der Waals surface area contributed by atoms with Gasteiger partial charge >= 0.3 is 0 Å². The van der Waals surface area contributed by atoms with Crippen LogP contribution in [0.2, 0.25) is 0 Å². The number of para-hydroxylation sites is 1. The zero-order chi connectivity index (χ0) is 14.8. The third kappa shape index (κ3) is 2.95. The van der Waals surface area contributed by atoms with Crippen molar-refractivity contribution in [3.63, 3.8) is 0 Å². The number of aryl methyl sites for hydroxylation is 2. The Balaban J connectivity index is 1.74. The molecule has 1 aliphatic rings. The molecule has 2 heterocycles. The molecule has 1 aromatic carbocycles. The lowest BCUT2D eigenvalue weighted by molar-refractivity contribution is -0.116. The van der Waals surface area contributed by atoms with Crippen LogP contribution in [0, 0.1) is 6.92 Å². The van der Waals surface area contributed by atoms with Crippen molar-refractivity contribution in [2.45, 2.75) is 38.0 Å². The fourth-order valence-corrected chi connectivity index (χ4v) is 3.26. The molecular weight excluding hydrogens is 286 g/mol. The summed E-state index contributed by atoms with van der Waals surface area (Å²) in [6.45, 7) is 3.83. The van der Waals surface area contributed by atoms with Gasteiger partial charge in [-0.2, -0.15) is 0 Å². The van der Waals surface area contributed by atoms with Crippen molar-refractivity contribution < 1.29 is 9.21 Å². The molecule has 1 unspecified atom stereocenters. The van der Waals surface area contributed by atoms with Gasteiger partial charge in [-0.05, 0) is 31.4 Å². The lowest BCUT2D eigenvalue weighted by atomic mass is 9.97. The number of carbonyl (C=O) groups is 1. The zero-order valence-electron chi connectivity index (χ0n) is 12.1. The van der Waals surface area contributed by atoms with Gasteiger partial charge in [0.2, 0.25) is 11.8 Å². The van der Waals surface area contributed by atoms with Crippen LogP contribution in [0.4, 0.5) is 5.69 Å². The molecule has 0 spiro atoms. The highest BCUT2D eigenvalue weighted by atomic mass is 32.2. The maximum atomic E-state index is 12.6. The Morgan fingerprint density at radius 2 is 2.24 bits per heavy atom. The maximum absolute atomic E-state index is 12.6. The van der Waals surface area contributed by atoms with E-state index in [0.29, 0.717) is 16.9 Å². The first-order valence-electron chi connectivity index (χ1n) is 6.98. The van der Waals surface area contributed by atoms with E-state index >= 15 is 0 Å². The van der Waals surface area contributed by atoms with E-state index in [1.807, 2.05) is 23.1 Å². The molecule has 1 aromatic heterocycles. The van der Waals surface area contributed by atoms with E-state index in [1.165, 1.54) is 17.3 Å². The van der Waals surface area contributed by atoms with E-state index in [-0.39, 0.29) is 11.9 Å². The standard InChI is InChI=1S/C15H17N3O2S/c1-10-7-8-12-5-3-4-6-13(12)18(10)14(19)9-21-15-17-16-11(2)20-15/h3-6,10H,7-9H2,1-2H3. The van der Waals surface area contributed by atoms with Crippen molar-refractivity contribution in [3.8, 4) is 0 Å². The van der Waals surface area contributed by atoms with Crippen molar-refractivity contribution in [2.24, 2.45) is 0 Å². The predicted molar refractivity (Wildman–Crippen MR) is 81.5 cm³/mol. The molecule has 0 N–H and O–H groups in total. The van der Waals surface area contributed by atoms with Gasteiger partial charge in [0, 0.05) is 18.7 Å². The number of amides is 1. The second-order valence-electron chi connectivity index (χ2n) is 5.16. The minimum absolute atomic E-state index is 0.0792. The van der Waals surface area contributed by atoms with E-state index in [1.54, 1.807) is 6.92 Å². The average molecular weight is 303 g/mol. The fourth-order valence-electron chi connectivity index (χ4n) is 2.60. The summed E-state index contributed by atoms with van der Waals surface area (Å²) in [6, 6.07) is 8.33. The Kier molecular flexibility index (Phi) is 3.96. The molecule has 110 valence electrons. The number of rotatable bonds is 3. The number of fused-ring (bicyclic) bond motifs is 1. The normalized spacial score (nSPS) is 17.6. The van der Waals surface area contributed by atoms with E-state index in [0.717, 1.165) is 18.5 Å². The molecule has 1 aliphatic heterocycles. The summed E-state index contributed by atoms with van der Waals surface area (Å²) in [6.07, 6.45) is 2.02. The molecule has 0 bridgehead atoms. The van der Waals surface area contributed by atoms with Crippen LogP contribution in [0.25, 0.3) is 0 Å². The molecule has 1 amide bonds. The Hall–Kier alpha value is -1.82. The van der Waals surface area contributed by atoms with Crippen molar-refractivity contribution in [2.75, 3.05) is 10.7 Å². The van der Waals surface area contributed by atoms with Crippen LogP contribution >= 0.6 is 11.8 Å². The quantitative estimate of drug-likeness (QED) is 0.816. The van der Waals surface area contributed by atoms with Gasteiger partial charge in [-0.3, -0.25) is 4.79 Å². The first-order chi connectivity index (χ1) is 10.1. The summed E-state index contributed by atoms with van der Waals surface area (Å²) in [5.74, 6) is 0.900. The number of nitrogens with zero attached hydrogens (tertiary/aromatic N) is 3. The highest BCUT2D eigenvalue weighted by Crippen LogP contribution is 2.31. The van der Waals surface area contributed by atoms with E-state index in [9.17, 15) is 4.79 Å². The van der Waals surface area contributed by atoms with E-state index < -0.39 is 0 Å². The smallest absolute Gasteiger partial charge is 0.277 e. The number of carbonyl (C=O) groups excluding carboxylic acids is 1. The largest absolute Gasteiger partial charge is 0.416 e. The van der Waals surface area contributed by atoms with Gasteiger partial charge in [0.05, 0.1) is 5.75 Å².